The minimum Gasteiger partial charge on any atom is -0.368 e. The molecule has 6 heteroatoms. The lowest BCUT2D eigenvalue weighted by atomic mass is 10.1. The molecule has 1 aromatic heterocycles. The molecule has 102 valence electrons. The van der Waals surface area contributed by atoms with E-state index >= 15 is 0 Å². The van der Waals surface area contributed by atoms with E-state index in [4.69, 9.17) is 5.73 Å². The first-order valence-electron chi connectivity index (χ1n) is 6.50. The Hall–Kier alpha value is -1.59. The van der Waals surface area contributed by atoms with Crippen LogP contribution in [0.2, 0.25) is 0 Å². The van der Waals surface area contributed by atoms with Gasteiger partial charge in [-0.25, -0.2) is 0 Å². The van der Waals surface area contributed by atoms with Gasteiger partial charge in [-0.1, -0.05) is 13.8 Å². The second-order valence-electron chi connectivity index (χ2n) is 4.67. The lowest BCUT2D eigenvalue weighted by Gasteiger charge is -2.21. The Bertz CT molecular complexity index is 375. The third kappa shape index (κ3) is 3.72. The van der Waals surface area contributed by atoms with Gasteiger partial charge in [0.1, 0.15) is 0 Å². The van der Waals surface area contributed by atoms with Gasteiger partial charge in [-0.3, -0.25) is 0 Å². The van der Waals surface area contributed by atoms with Crippen LogP contribution in [0.4, 0.5) is 17.8 Å². The van der Waals surface area contributed by atoms with E-state index in [1.807, 2.05) is 4.90 Å². The van der Waals surface area contributed by atoms with Crippen LogP contribution in [-0.2, 0) is 0 Å². The predicted molar refractivity (Wildman–Crippen MR) is 75.7 cm³/mol. The van der Waals surface area contributed by atoms with Crippen LogP contribution in [0.15, 0.2) is 0 Å². The normalized spacial score (nSPS) is 12.6. The standard InChI is InChI=1S/C12H24N6/c1-6-18(7-2)12-16-10(13)15-11(17-12)14-9(5)8(3)4/h8-9H,6-7H2,1-5H3,(H3,13,14,15,16,17). The van der Waals surface area contributed by atoms with Gasteiger partial charge in [0.15, 0.2) is 0 Å². The van der Waals surface area contributed by atoms with Crippen LogP contribution in [-0.4, -0.2) is 34.1 Å². The molecule has 0 amide bonds. The van der Waals surface area contributed by atoms with Crippen molar-refractivity contribution in [3.8, 4) is 0 Å². The maximum absolute atomic E-state index is 5.73. The topological polar surface area (TPSA) is 80.0 Å². The molecule has 0 saturated heterocycles. The average Bonchev–Trinajstić information content (AvgIpc) is 2.29. The van der Waals surface area contributed by atoms with Gasteiger partial charge < -0.3 is 16.0 Å². The van der Waals surface area contributed by atoms with Gasteiger partial charge in [0.05, 0.1) is 0 Å². The molecule has 1 atom stereocenters. The lowest BCUT2D eigenvalue weighted by molar-refractivity contribution is 0.556. The number of hydrogen-bond donors (Lipinski definition) is 2. The Balaban J connectivity index is 2.93. The molecule has 0 saturated carbocycles. The van der Waals surface area contributed by atoms with Crippen LogP contribution >= 0.6 is 0 Å². The number of nitrogens with two attached hydrogens (primary N) is 1. The van der Waals surface area contributed by atoms with Crippen molar-refractivity contribution < 1.29 is 0 Å². The number of hydrogen-bond acceptors (Lipinski definition) is 6. The molecule has 0 fully saturated rings. The molecule has 0 aliphatic carbocycles. The fourth-order valence-electron chi connectivity index (χ4n) is 1.46. The third-order valence-corrected chi connectivity index (χ3v) is 3.04. The van der Waals surface area contributed by atoms with Crippen LogP contribution in [0.5, 0.6) is 0 Å². The second-order valence-corrected chi connectivity index (χ2v) is 4.67. The van der Waals surface area contributed by atoms with Crippen molar-refractivity contribution in [3.63, 3.8) is 0 Å². The summed E-state index contributed by atoms with van der Waals surface area (Å²) in [5.74, 6) is 1.93. The molecule has 6 nitrogen and oxygen atoms in total. The maximum Gasteiger partial charge on any atom is 0.231 e. The molecule has 1 rings (SSSR count). The van der Waals surface area contributed by atoms with Gasteiger partial charge in [-0.05, 0) is 26.7 Å². The minimum absolute atomic E-state index is 0.255. The van der Waals surface area contributed by atoms with E-state index < -0.39 is 0 Å². The van der Waals surface area contributed by atoms with Crippen LogP contribution in [0.1, 0.15) is 34.6 Å². The Morgan fingerprint density at radius 2 is 1.72 bits per heavy atom. The zero-order valence-electron chi connectivity index (χ0n) is 11.9. The predicted octanol–water partition coefficient (Wildman–Crippen LogP) is 1.76. The first kappa shape index (κ1) is 14.5. The summed E-state index contributed by atoms with van der Waals surface area (Å²) in [6, 6.07) is 0.288. The van der Waals surface area contributed by atoms with Gasteiger partial charge in [0.2, 0.25) is 17.8 Å². The Kier molecular flexibility index (Phi) is 5.12. The highest BCUT2D eigenvalue weighted by Gasteiger charge is 2.12. The van der Waals surface area contributed by atoms with Crippen molar-refractivity contribution in [3.05, 3.63) is 0 Å². The van der Waals surface area contributed by atoms with Gasteiger partial charge >= 0.3 is 0 Å². The van der Waals surface area contributed by atoms with Crippen LogP contribution in [0, 0.1) is 5.92 Å². The van der Waals surface area contributed by atoms with E-state index in [2.05, 4.69) is 54.9 Å². The Morgan fingerprint density at radius 1 is 1.11 bits per heavy atom. The van der Waals surface area contributed by atoms with E-state index in [9.17, 15) is 0 Å². The number of aromatic nitrogens is 3. The largest absolute Gasteiger partial charge is 0.368 e. The molecule has 18 heavy (non-hydrogen) atoms. The number of rotatable bonds is 6. The van der Waals surface area contributed by atoms with Gasteiger partial charge in [0.25, 0.3) is 0 Å². The van der Waals surface area contributed by atoms with Crippen molar-refractivity contribution in [1.82, 2.24) is 15.0 Å². The summed E-state index contributed by atoms with van der Waals surface area (Å²) in [4.78, 5) is 14.7. The second kappa shape index (κ2) is 6.37. The molecule has 0 radical (unpaired) electrons. The molecule has 0 bridgehead atoms. The van der Waals surface area contributed by atoms with E-state index in [-0.39, 0.29) is 12.0 Å². The maximum atomic E-state index is 5.73. The summed E-state index contributed by atoms with van der Waals surface area (Å²) in [7, 11) is 0. The number of nitrogen functional groups attached to an aromatic ring is 1. The molecule has 1 unspecified atom stereocenters. The summed E-state index contributed by atoms with van der Waals surface area (Å²) < 4.78 is 0. The summed E-state index contributed by atoms with van der Waals surface area (Å²) in [6.07, 6.45) is 0. The molecule has 1 heterocycles. The summed E-state index contributed by atoms with van der Waals surface area (Å²) in [5, 5.41) is 3.26. The van der Waals surface area contributed by atoms with E-state index in [1.54, 1.807) is 0 Å². The average molecular weight is 252 g/mol. The lowest BCUT2D eigenvalue weighted by Crippen LogP contribution is -2.27. The monoisotopic (exact) mass is 252 g/mol. The minimum atomic E-state index is 0.255. The van der Waals surface area contributed by atoms with Crippen LogP contribution < -0.4 is 16.0 Å². The first-order valence-corrected chi connectivity index (χ1v) is 6.50. The van der Waals surface area contributed by atoms with Crippen LogP contribution in [0.3, 0.4) is 0 Å². The molecule has 3 N–H and O–H groups in total. The zero-order valence-corrected chi connectivity index (χ0v) is 11.9. The number of anilines is 3. The fraction of sp³-hybridized carbons (Fsp3) is 0.750. The number of nitrogens with one attached hydrogen (secondary N) is 1. The van der Waals surface area contributed by atoms with Crippen LogP contribution in [0.25, 0.3) is 0 Å². The van der Waals surface area contributed by atoms with Crippen molar-refractivity contribution in [2.24, 2.45) is 5.92 Å². The summed E-state index contributed by atoms with van der Waals surface area (Å²) in [5.41, 5.74) is 5.73. The third-order valence-electron chi connectivity index (χ3n) is 3.04. The first-order chi connectivity index (χ1) is 8.47. The van der Waals surface area contributed by atoms with Gasteiger partial charge in [-0.15, -0.1) is 0 Å². The molecule has 0 aliphatic rings. The molecule has 0 spiro atoms. The summed E-state index contributed by atoms with van der Waals surface area (Å²) >= 11 is 0. The highest BCUT2D eigenvalue weighted by molar-refractivity contribution is 5.42. The van der Waals surface area contributed by atoms with Crippen molar-refractivity contribution in [1.29, 1.82) is 0 Å². The Morgan fingerprint density at radius 3 is 2.22 bits per heavy atom. The van der Waals surface area contributed by atoms with Crippen molar-refractivity contribution in [2.75, 3.05) is 29.0 Å². The molecular weight excluding hydrogens is 228 g/mol. The van der Waals surface area contributed by atoms with E-state index in [1.165, 1.54) is 0 Å². The molecular formula is C12H24N6. The van der Waals surface area contributed by atoms with Crippen molar-refractivity contribution in [2.45, 2.75) is 40.7 Å². The smallest absolute Gasteiger partial charge is 0.231 e. The van der Waals surface area contributed by atoms with Crippen molar-refractivity contribution >= 4 is 17.8 Å². The fourth-order valence-corrected chi connectivity index (χ4v) is 1.46. The Labute approximate surface area is 109 Å². The molecule has 0 aromatic carbocycles. The number of nitrogens with zero attached hydrogens (tertiary/aromatic N) is 4. The summed E-state index contributed by atoms with van der Waals surface area (Å²) in [6.45, 7) is 12.2. The van der Waals surface area contributed by atoms with E-state index in [0.717, 1.165) is 13.1 Å². The highest BCUT2D eigenvalue weighted by atomic mass is 15.3. The zero-order chi connectivity index (χ0) is 13.7. The van der Waals surface area contributed by atoms with E-state index in [0.29, 0.717) is 17.8 Å². The SMILES string of the molecule is CCN(CC)c1nc(N)nc(NC(C)C(C)C)n1. The highest BCUT2D eigenvalue weighted by Crippen LogP contribution is 2.14. The molecule has 0 aliphatic heterocycles. The van der Waals surface area contributed by atoms with Gasteiger partial charge in [-0.2, -0.15) is 15.0 Å². The molecule has 1 aromatic rings. The van der Waals surface area contributed by atoms with Gasteiger partial charge in [0, 0.05) is 19.1 Å². The quantitative estimate of drug-likeness (QED) is 0.803.